The van der Waals surface area contributed by atoms with E-state index in [9.17, 15) is 14.4 Å². The minimum atomic E-state index is -1.06. The highest BCUT2D eigenvalue weighted by atomic mass is 16.4. The van der Waals surface area contributed by atoms with Gasteiger partial charge in [-0.1, -0.05) is 13.8 Å². The topological polar surface area (TPSA) is 90.3 Å². The van der Waals surface area contributed by atoms with Crippen molar-refractivity contribution in [3.8, 4) is 0 Å². The summed E-state index contributed by atoms with van der Waals surface area (Å²) in [6.45, 7) is 3.80. The Balaban J connectivity index is 2.84. The van der Waals surface area contributed by atoms with Gasteiger partial charge >= 0.3 is 5.97 Å². The molecule has 106 valence electrons. The van der Waals surface area contributed by atoms with Crippen molar-refractivity contribution in [2.75, 3.05) is 20.1 Å². The first-order valence-corrected chi connectivity index (χ1v) is 6.16. The molecule has 0 atom stereocenters. The summed E-state index contributed by atoms with van der Waals surface area (Å²) in [4.78, 5) is 35.6. The number of nitrogens with zero attached hydrogens (tertiary/aromatic N) is 3. The van der Waals surface area contributed by atoms with Crippen LogP contribution in [0.4, 0.5) is 0 Å². The van der Waals surface area contributed by atoms with Crippen LogP contribution in [0.3, 0.4) is 0 Å². The number of carboxylic acid groups (broad SMARTS) is 1. The standard InChI is InChI=1S/C12H19N3O4/c1-8(2)6-15(7-11(17)18)12(19)9-4-5-10(16)14(3)13-9/h8H,4-7H2,1-3H3,(H,17,18). The Morgan fingerprint density at radius 2 is 2.05 bits per heavy atom. The Labute approximate surface area is 111 Å². The Hall–Kier alpha value is -1.92. The summed E-state index contributed by atoms with van der Waals surface area (Å²) in [5.74, 6) is -1.46. The summed E-state index contributed by atoms with van der Waals surface area (Å²) in [6, 6.07) is 0. The summed E-state index contributed by atoms with van der Waals surface area (Å²) in [5.41, 5.74) is 0.240. The largest absolute Gasteiger partial charge is 0.480 e. The highest BCUT2D eigenvalue weighted by Gasteiger charge is 2.27. The zero-order chi connectivity index (χ0) is 14.6. The van der Waals surface area contributed by atoms with Gasteiger partial charge in [-0.3, -0.25) is 14.4 Å². The number of carboxylic acids is 1. The second-order valence-corrected chi connectivity index (χ2v) is 4.94. The van der Waals surface area contributed by atoms with Gasteiger partial charge in [-0.2, -0.15) is 5.10 Å². The third-order valence-corrected chi connectivity index (χ3v) is 2.65. The Kier molecular flexibility index (Phi) is 5.02. The van der Waals surface area contributed by atoms with E-state index in [0.717, 1.165) is 5.01 Å². The maximum Gasteiger partial charge on any atom is 0.323 e. The fraction of sp³-hybridized carbons (Fsp3) is 0.667. The van der Waals surface area contributed by atoms with Crippen LogP contribution in [0.25, 0.3) is 0 Å². The van der Waals surface area contributed by atoms with Crippen LogP contribution in [0.5, 0.6) is 0 Å². The minimum Gasteiger partial charge on any atom is -0.480 e. The third kappa shape index (κ3) is 4.35. The van der Waals surface area contributed by atoms with Gasteiger partial charge in [0.25, 0.3) is 5.91 Å². The number of amides is 2. The molecule has 0 unspecified atom stereocenters. The molecule has 0 radical (unpaired) electrons. The quantitative estimate of drug-likeness (QED) is 0.770. The fourth-order valence-electron chi connectivity index (χ4n) is 1.83. The molecule has 2 amide bonds. The predicted octanol–water partition coefficient (Wildman–Crippen LogP) is 0.164. The van der Waals surface area contributed by atoms with E-state index in [2.05, 4.69) is 5.10 Å². The van der Waals surface area contributed by atoms with Crippen LogP contribution in [-0.2, 0) is 14.4 Å². The van der Waals surface area contributed by atoms with Gasteiger partial charge in [0.2, 0.25) is 5.91 Å². The third-order valence-electron chi connectivity index (χ3n) is 2.65. The van der Waals surface area contributed by atoms with E-state index in [1.807, 2.05) is 13.8 Å². The highest BCUT2D eigenvalue weighted by Crippen LogP contribution is 2.10. The second-order valence-electron chi connectivity index (χ2n) is 4.94. The van der Waals surface area contributed by atoms with Crippen LogP contribution in [0, 0.1) is 5.92 Å². The average Bonchev–Trinajstić information content (AvgIpc) is 2.29. The van der Waals surface area contributed by atoms with Gasteiger partial charge in [0.1, 0.15) is 12.3 Å². The smallest absolute Gasteiger partial charge is 0.323 e. The van der Waals surface area contributed by atoms with Gasteiger partial charge < -0.3 is 10.0 Å². The molecule has 1 aliphatic rings. The van der Waals surface area contributed by atoms with Gasteiger partial charge in [0.05, 0.1) is 0 Å². The lowest BCUT2D eigenvalue weighted by Crippen LogP contribution is -2.44. The van der Waals surface area contributed by atoms with E-state index in [0.29, 0.717) is 6.54 Å². The van der Waals surface area contributed by atoms with Gasteiger partial charge in [-0.25, -0.2) is 5.01 Å². The molecule has 1 aliphatic heterocycles. The summed E-state index contributed by atoms with van der Waals surface area (Å²) < 4.78 is 0. The van der Waals surface area contributed by atoms with E-state index in [4.69, 9.17) is 5.11 Å². The molecule has 0 spiro atoms. The lowest BCUT2D eigenvalue weighted by Gasteiger charge is -2.26. The van der Waals surface area contributed by atoms with Crippen LogP contribution in [0.1, 0.15) is 26.7 Å². The number of hydrazone groups is 1. The van der Waals surface area contributed by atoms with Gasteiger partial charge in [0.15, 0.2) is 0 Å². The number of rotatable bonds is 5. The minimum absolute atomic E-state index is 0.148. The first-order valence-electron chi connectivity index (χ1n) is 6.16. The molecule has 1 rings (SSSR count). The molecule has 0 saturated carbocycles. The van der Waals surface area contributed by atoms with Gasteiger partial charge in [-0.05, 0) is 5.92 Å². The van der Waals surface area contributed by atoms with Crippen molar-refractivity contribution in [2.45, 2.75) is 26.7 Å². The van der Waals surface area contributed by atoms with Gasteiger partial charge in [-0.15, -0.1) is 0 Å². The van der Waals surface area contributed by atoms with E-state index < -0.39 is 11.9 Å². The van der Waals surface area contributed by atoms with Crippen molar-refractivity contribution in [3.05, 3.63) is 0 Å². The first-order chi connectivity index (χ1) is 8.81. The van der Waals surface area contributed by atoms with Gasteiger partial charge in [0, 0.05) is 26.4 Å². The maximum absolute atomic E-state index is 12.2. The molecule has 0 aliphatic carbocycles. The van der Waals surface area contributed by atoms with Crippen LogP contribution in [-0.4, -0.2) is 58.6 Å². The highest BCUT2D eigenvalue weighted by molar-refractivity contribution is 6.39. The molecule has 0 aromatic carbocycles. The van der Waals surface area contributed by atoms with Crippen molar-refractivity contribution in [1.82, 2.24) is 9.91 Å². The van der Waals surface area contributed by atoms with Crippen molar-refractivity contribution >= 4 is 23.5 Å². The van der Waals surface area contributed by atoms with E-state index >= 15 is 0 Å². The van der Waals surface area contributed by atoms with Crippen molar-refractivity contribution in [3.63, 3.8) is 0 Å². The van der Waals surface area contributed by atoms with Crippen molar-refractivity contribution in [1.29, 1.82) is 0 Å². The van der Waals surface area contributed by atoms with Crippen LogP contribution >= 0.6 is 0 Å². The molecule has 7 nitrogen and oxygen atoms in total. The number of hydrogen-bond acceptors (Lipinski definition) is 4. The second kappa shape index (κ2) is 6.31. The van der Waals surface area contributed by atoms with Crippen LogP contribution in [0.15, 0.2) is 5.10 Å². The normalized spacial score (nSPS) is 15.5. The van der Waals surface area contributed by atoms with E-state index in [1.54, 1.807) is 0 Å². The molecule has 0 bridgehead atoms. The summed E-state index contributed by atoms with van der Waals surface area (Å²) in [5, 5.41) is 13.9. The molecule has 7 heteroatoms. The maximum atomic E-state index is 12.2. The average molecular weight is 269 g/mol. The number of carbonyl (C=O) groups is 3. The summed E-state index contributed by atoms with van der Waals surface area (Å²) >= 11 is 0. The van der Waals surface area contributed by atoms with E-state index in [1.165, 1.54) is 11.9 Å². The molecule has 0 aromatic heterocycles. The lowest BCUT2D eigenvalue weighted by molar-refractivity contribution is -0.142. The molecular weight excluding hydrogens is 250 g/mol. The monoisotopic (exact) mass is 269 g/mol. The Bertz CT molecular complexity index is 417. The molecular formula is C12H19N3O4. The molecule has 1 heterocycles. The summed E-state index contributed by atoms with van der Waals surface area (Å²) in [7, 11) is 1.48. The molecule has 0 fully saturated rings. The van der Waals surface area contributed by atoms with Crippen LogP contribution < -0.4 is 0 Å². The molecule has 1 N–H and O–H groups in total. The molecule has 19 heavy (non-hydrogen) atoms. The van der Waals surface area contributed by atoms with Crippen molar-refractivity contribution < 1.29 is 19.5 Å². The number of hydrogen-bond donors (Lipinski definition) is 1. The zero-order valence-corrected chi connectivity index (χ0v) is 11.4. The van der Waals surface area contributed by atoms with Crippen LogP contribution in [0.2, 0.25) is 0 Å². The predicted molar refractivity (Wildman–Crippen MR) is 68.5 cm³/mol. The first kappa shape index (κ1) is 15.1. The Morgan fingerprint density at radius 3 is 2.53 bits per heavy atom. The molecule has 0 aromatic rings. The Morgan fingerprint density at radius 1 is 1.42 bits per heavy atom. The number of aliphatic carboxylic acids is 1. The van der Waals surface area contributed by atoms with E-state index in [-0.39, 0.29) is 36.9 Å². The summed E-state index contributed by atoms with van der Waals surface area (Å²) in [6.07, 6.45) is 0.486. The fourth-order valence-corrected chi connectivity index (χ4v) is 1.83. The SMILES string of the molecule is CC(C)CN(CC(=O)O)C(=O)C1=NN(C)C(=O)CC1. The number of carbonyl (C=O) groups excluding carboxylic acids is 2. The lowest BCUT2D eigenvalue weighted by atomic mass is 10.1. The zero-order valence-electron chi connectivity index (χ0n) is 11.4. The molecule has 0 saturated heterocycles. The van der Waals surface area contributed by atoms with Crippen molar-refractivity contribution in [2.24, 2.45) is 11.0 Å².